The Balaban J connectivity index is 2.32. The van der Waals surface area contributed by atoms with Crippen LogP contribution in [0, 0.1) is 18.6 Å². The molecule has 2 aromatic carbocycles. The van der Waals surface area contributed by atoms with Gasteiger partial charge in [-0.2, -0.15) is 0 Å². The predicted octanol–water partition coefficient (Wildman–Crippen LogP) is 3.24. The van der Waals surface area contributed by atoms with Gasteiger partial charge in [0.15, 0.2) is 0 Å². The minimum atomic E-state index is -3.96. The fourth-order valence-corrected chi connectivity index (χ4v) is 3.43. The molecular weight excluding hydrogens is 362 g/mol. The van der Waals surface area contributed by atoms with Crippen molar-refractivity contribution in [1.29, 1.82) is 0 Å². The maximum atomic E-state index is 14.0. The number of para-hydroxylation sites is 1. The van der Waals surface area contributed by atoms with Crippen LogP contribution in [0.3, 0.4) is 0 Å². The molecule has 0 aliphatic rings. The summed E-state index contributed by atoms with van der Waals surface area (Å²) < 4.78 is 51.8. The third-order valence-corrected chi connectivity index (χ3v) is 5.00. The van der Waals surface area contributed by atoms with Crippen LogP contribution in [0.1, 0.15) is 18.1 Å². The molecule has 0 aromatic heterocycles. The van der Waals surface area contributed by atoms with Crippen LogP contribution in [-0.2, 0) is 21.2 Å². The zero-order valence-corrected chi connectivity index (χ0v) is 15.5. The molecule has 0 heterocycles. The Labute approximate surface area is 151 Å². The second-order valence-corrected chi connectivity index (χ2v) is 7.78. The molecule has 2 rings (SSSR count). The highest BCUT2D eigenvalue weighted by molar-refractivity contribution is 7.92. The van der Waals surface area contributed by atoms with Crippen LogP contribution in [0.2, 0.25) is 0 Å². The van der Waals surface area contributed by atoms with E-state index >= 15 is 0 Å². The summed E-state index contributed by atoms with van der Waals surface area (Å²) in [7, 11) is -3.96. The third-order valence-electron chi connectivity index (χ3n) is 3.87. The van der Waals surface area contributed by atoms with Gasteiger partial charge in [0.2, 0.25) is 15.9 Å². The number of rotatable bonds is 6. The Hall–Kier alpha value is -2.48. The van der Waals surface area contributed by atoms with Crippen molar-refractivity contribution >= 4 is 27.3 Å². The lowest BCUT2D eigenvalue weighted by molar-refractivity contribution is -0.114. The topological polar surface area (TPSA) is 66.5 Å². The lowest BCUT2D eigenvalue weighted by atomic mass is 10.1. The molecule has 0 bridgehead atoms. The fourth-order valence-electron chi connectivity index (χ4n) is 2.58. The number of carbonyl (C=O) groups is 1. The molecule has 2 aromatic rings. The number of hydrogen-bond acceptors (Lipinski definition) is 3. The van der Waals surface area contributed by atoms with Crippen LogP contribution in [0.15, 0.2) is 36.4 Å². The molecule has 140 valence electrons. The Morgan fingerprint density at radius 2 is 1.88 bits per heavy atom. The van der Waals surface area contributed by atoms with Gasteiger partial charge in [-0.3, -0.25) is 9.10 Å². The van der Waals surface area contributed by atoms with Crippen LogP contribution in [0.5, 0.6) is 0 Å². The molecule has 0 spiro atoms. The standard InChI is InChI=1S/C18H20F2N2O3S/c1-4-13-7-5-6-12(2)18(13)21-17(23)11-22(26(3,24)25)16-9-8-14(19)10-15(16)20/h5-10H,4,11H2,1-3H3,(H,21,23). The average Bonchev–Trinajstić information content (AvgIpc) is 2.54. The van der Waals surface area contributed by atoms with E-state index < -0.39 is 34.1 Å². The van der Waals surface area contributed by atoms with Gasteiger partial charge in [-0.25, -0.2) is 17.2 Å². The largest absolute Gasteiger partial charge is 0.324 e. The van der Waals surface area contributed by atoms with Gasteiger partial charge in [0.05, 0.1) is 11.9 Å². The Kier molecular flexibility index (Phi) is 5.97. The van der Waals surface area contributed by atoms with E-state index in [-0.39, 0.29) is 5.69 Å². The van der Waals surface area contributed by atoms with E-state index in [1.807, 2.05) is 32.0 Å². The molecule has 0 unspecified atom stereocenters. The number of anilines is 2. The molecule has 0 aliphatic carbocycles. The Morgan fingerprint density at radius 1 is 1.19 bits per heavy atom. The Morgan fingerprint density at radius 3 is 2.46 bits per heavy atom. The summed E-state index contributed by atoms with van der Waals surface area (Å²) in [5, 5.41) is 2.69. The number of sulfonamides is 1. The first-order valence-electron chi connectivity index (χ1n) is 7.94. The van der Waals surface area contributed by atoms with Crippen molar-refractivity contribution in [3.63, 3.8) is 0 Å². The molecule has 0 atom stereocenters. The maximum absolute atomic E-state index is 14.0. The van der Waals surface area contributed by atoms with E-state index in [1.54, 1.807) is 0 Å². The van der Waals surface area contributed by atoms with Gasteiger partial charge >= 0.3 is 0 Å². The molecule has 8 heteroatoms. The van der Waals surface area contributed by atoms with Gasteiger partial charge in [0.25, 0.3) is 0 Å². The Bertz CT molecular complexity index is 930. The van der Waals surface area contributed by atoms with Gasteiger partial charge in [-0.1, -0.05) is 25.1 Å². The number of benzene rings is 2. The number of carbonyl (C=O) groups excluding carboxylic acids is 1. The molecule has 5 nitrogen and oxygen atoms in total. The molecule has 0 fully saturated rings. The molecule has 1 N–H and O–H groups in total. The summed E-state index contributed by atoms with van der Waals surface area (Å²) in [6.07, 6.45) is 1.54. The number of aryl methyl sites for hydroxylation is 2. The van der Waals surface area contributed by atoms with Gasteiger partial charge in [0, 0.05) is 11.8 Å². The number of nitrogens with zero attached hydrogens (tertiary/aromatic N) is 1. The van der Waals surface area contributed by atoms with Crippen molar-refractivity contribution in [3.05, 3.63) is 59.2 Å². The monoisotopic (exact) mass is 382 g/mol. The van der Waals surface area contributed by atoms with Crippen LogP contribution in [0.25, 0.3) is 0 Å². The van der Waals surface area contributed by atoms with Crippen molar-refractivity contribution in [2.24, 2.45) is 0 Å². The summed E-state index contributed by atoms with van der Waals surface area (Å²) >= 11 is 0. The van der Waals surface area contributed by atoms with E-state index in [2.05, 4.69) is 5.32 Å². The number of halogens is 2. The van der Waals surface area contributed by atoms with Crippen LogP contribution in [-0.4, -0.2) is 27.1 Å². The first kappa shape index (κ1) is 19.8. The highest BCUT2D eigenvalue weighted by atomic mass is 32.2. The molecule has 0 aliphatic heterocycles. The average molecular weight is 382 g/mol. The zero-order chi connectivity index (χ0) is 19.5. The molecule has 26 heavy (non-hydrogen) atoms. The van der Waals surface area contributed by atoms with Crippen molar-refractivity contribution in [1.82, 2.24) is 0 Å². The van der Waals surface area contributed by atoms with Gasteiger partial charge in [-0.15, -0.1) is 0 Å². The fraction of sp³-hybridized carbons (Fsp3) is 0.278. The van der Waals surface area contributed by atoms with E-state index in [0.29, 0.717) is 22.5 Å². The summed E-state index contributed by atoms with van der Waals surface area (Å²) in [5.74, 6) is -2.52. The summed E-state index contributed by atoms with van der Waals surface area (Å²) in [6, 6.07) is 8.04. The van der Waals surface area contributed by atoms with E-state index in [1.165, 1.54) is 0 Å². The van der Waals surface area contributed by atoms with Crippen molar-refractivity contribution < 1.29 is 22.0 Å². The highest BCUT2D eigenvalue weighted by Crippen LogP contribution is 2.24. The first-order chi connectivity index (χ1) is 12.1. The van der Waals surface area contributed by atoms with Crippen LogP contribution in [0.4, 0.5) is 20.2 Å². The quantitative estimate of drug-likeness (QED) is 0.834. The summed E-state index contributed by atoms with van der Waals surface area (Å²) in [4.78, 5) is 12.4. The lowest BCUT2D eigenvalue weighted by Crippen LogP contribution is -2.38. The first-order valence-corrected chi connectivity index (χ1v) is 9.79. The minimum Gasteiger partial charge on any atom is -0.324 e. The number of nitrogens with one attached hydrogen (secondary N) is 1. The van der Waals surface area contributed by atoms with Crippen molar-refractivity contribution in [2.75, 3.05) is 22.4 Å². The zero-order valence-electron chi connectivity index (χ0n) is 14.7. The molecular formula is C18H20F2N2O3S. The predicted molar refractivity (Wildman–Crippen MR) is 97.7 cm³/mol. The smallest absolute Gasteiger partial charge is 0.245 e. The van der Waals surface area contributed by atoms with Crippen molar-refractivity contribution in [3.8, 4) is 0 Å². The molecule has 0 radical (unpaired) electrons. The number of amides is 1. The van der Waals surface area contributed by atoms with Crippen LogP contribution >= 0.6 is 0 Å². The lowest BCUT2D eigenvalue weighted by Gasteiger charge is -2.23. The van der Waals surface area contributed by atoms with E-state index in [9.17, 15) is 22.0 Å². The molecule has 0 saturated carbocycles. The van der Waals surface area contributed by atoms with Crippen molar-refractivity contribution in [2.45, 2.75) is 20.3 Å². The SMILES string of the molecule is CCc1cccc(C)c1NC(=O)CN(c1ccc(F)cc1F)S(C)(=O)=O. The maximum Gasteiger partial charge on any atom is 0.245 e. The summed E-state index contributed by atoms with van der Waals surface area (Å²) in [5.41, 5.74) is 1.95. The van der Waals surface area contributed by atoms with E-state index in [4.69, 9.17) is 0 Å². The minimum absolute atomic E-state index is 0.385. The second-order valence-electron chi connectivity index (χ2n) is 5.88. The molecule has 0 saturated heterocycles. The van der Waals surface area contributed by atoms with Gasteiger partial charge in [-0.05, 0) is 36.6 Å². The van der Waals surface area contributed by atoms with E-state index in [0.717, 1.165) is 29.5 Å². The summed E-state index contributed by atoms with van der Waals surface area (Å²) in [6.45, 7) is 3.13. The highest BCUT2D eigenvalue weighted by Gasteiger charge is 2.24. The third kappa shape index (κ3) is 4.57. The normalized spacial score (nSPS) is 11.3. The van der Waals surface area contributed by atoms with Crippen LogP contribution < -0.4 is 9.62 Å². The van der Waals surface area contributed by atoms with Gasteiger partial charge in [0.1, 0.15) is 18.2 Å². The number of hydrogen-bond donors (Lipinski definition) is 1. The second kappa shape index (κ2) is 7.82. The molecule has 1 amide bonds. The van der Waals surface area contributed by atoms with Gasteiger partial charge < -0.3 is 5.32 Å².